The molecule has 0 saturated heterocycles. The molecule has 3 nitrogen and oxygen atoms in total. The Morgan fingerprint density at radius 1 is 0.903 bits per heavy atom. The molecule has 4 aromatic rings. The normalized spacial score (nSPS) is 11.8. The molecule has 160 valence electrons. The average Bonchev–Trinajstić information content (AvgIpc) is 2.98. The van der Waals surface area contributed by atoms with Gasteiger partial charge in [-0.15, -0.1) is 0 Å². The first-order chi connectivity index (χ1) is 14.7. The van der Waals surface area contributed by atoms with E-state index in [0.29, 0.717) is 6.61 Å². The highest BCUT2D eigenvalue weighted by Crippen LogP contribution is 2.32. The Morgan fingerprint density at radius 2 is 1.55 bits per heavy atom. The summed E-state index contributed by atoms with van der Waals surface area (Å²) in [6, 6.07) is 18.6. The number of pyridine rings is 1. The molecular weight excluding hydrogens is 404 g/mol. The van der Waals surface area contributed by atoms with E-state index in [-0.39, 0.29) is 5.41 Å². The van der Waals surface area contributed by atoms with Gasteiger partial charge in [0, 0.05) is 29.5 Å². The van der Waals surface area contributed by atoms with Gasteiger partial charge >= 0.3 is 0 Å². The van der Waals surface area contributed by atoms with Crippen LogP contribution in [-0.4, -0.2) is 9.55 Å². The number of aromatic nitrogens is 2. The van der Waals surface area contributed by atoms with Crippen molar-refractivity contribution in [2.24, 2.45) is 0 Å². The van der Waals surface area contributed by atoms with Gasteiger partial charge in [-0.3, -0.25) is 4.98 Å². The van der Waals surface area contributed by atoms with E-state index in [1.54, 1.807) is 0 Å². The van der Waals surface area contributed by atoms with E-state index in [1.165, 1.54) is 22.4 Å². The number of nitrogens with zero attached hydrogens (tertiary/aromatic N) is 2. The van der Waals surface area contributed by atoms with Gasteiger partial charge < -0.3 is 9.30 Å². The number of ether oxygens (including phenoxy) is 1. The minimum absolute atomic E-state index is 0.151. The lowest BCUT2D eigenvalue weighted by molar-refractivity contribution is 0.308. The van der Waals surface area contributed by atoms with Crippen molar-refractivity contribution in [3.8, 4) is 5.75 Å². The SMILES string of the molecule is Cc1c(C)n(Cc2ccc(C(C)(C)C)cc2)c2c(OCc3ccc(Cl)cc3)ccnc12. The van der Waals surface area contributed by atoms with Gasteiger partial charge in [-0.2, -0.15) is 0 Å². The summed E-state index contributed by atoms with van der Waals surface area (Å²) < 4.78 is 8.57. The first-order valence-electron chi connectivity index (χ1n) is 10.6. The third-order valence-electron chi connectivity index (χ3n) is 5.93. The number of hydrogen-bond donors (Lipinski definition) is 0. The molecule has 0 unspecified atom stereocenters. The summed E-state index contributed by atoms with van der Waals surface area (Å²) in [6.45, 7) is 12.3. The molecule has 0 aliphatic heterocycles. The van der Waals surface area contributed by atoms with Crippen LogP contribution >= 0.6 is 11.6 Å². The molecular formula is C27H29ClN2O. The highest BCUT2D eigenvalue weighted by molar-refractivity contribution is 6.30. The number of benzene rings is 2. The Bertz CT molecular complexity index is 1200. The first-order valence-corrected chi connectivity index (χ1v) is 11.0. The fourth-order valence-electron chi connectivity index (χ4n) is 3.86. The fourth-order valence-corrected chi connectivity index (χ4v) is 3.99. The average molecular weight is 433 g/mol. The van der Waals surface area contributed by atoms with Gasteiger partial charge in [-0.1, -0.05) is 68.8 Å². The van der Waals surface area contributed by atoms with E-state index in [4.69, 9.17) is 16.3 Å². The van der Waals surface area contributed by atoms with E-state index < -0.39 is 0 Å². The second-order valence-electron chi connectivity index (χ2n) is 9.16. The maximum atomic E-state index is 6.25. The molecule has 0 fully saturated rings. The van der Waals surface area contributed by atoms with Gasteiger partial charge in [0.25, 0.3) is 0 Å². The van der Waals surface area contributed by atoms with Crippen molar-refractivity contribution in [1.29, 1.82) is 0 Å². The van der Waals surface area contributed by atoms with Gasteiger partial charge in [-0.05, 0) is 53.6 Å². The smallest absolute Gasteiger partial charge is 0.147 e. The van der Waals surface area contributed by atoms with Crippen LogP contribution in [0.5, 0.6) is 5.75 Å². The molecule has 0 aliphatic rings. The topological polar surface area (TPSA) is 27.1 Å². The Morgan fingerprint density at radius 3 is 2.19 bits per heavy atom. The lowest BCUT2D eigenvalue weighted by atomic mass is 9.87. The second kappa shape index (κ2) is 8.39. The Labute approximate surface area is 189 Å². The van der Waals surface area contributed by atoms with Crippen LogP contribution in [0.25, 0.3) is 11.0 Å². The zero-order valence-corrected chi connectivity index (χ0v) is 19.6. The van der Waals surface area contributed by atoms with Crippen molar-refractivity contribution < 1.29 is 4.74 Å². The van der Waals surface area contributed by atoms with Crippen molar-refractivity contribution in [1.82, 2.24) is 9.55 Å². The standard InChI is InChI=1S/C27H29ClN2O/c1-18-19(2)30(16-20-6-10-22(11-7-20)27(3,4)5)26-24(14-15-29-25(18)26)31-17-21-8-12-23(28)13-9-21/h6-15H,16-17H2,1-5H3. The van der Waals surface area contributed by atoms with Gasteiger partial charge in [0.2, 0.25) is 0 Å². The quantitative estimate of drug-likeness (QED) is 0.332. The molecule has 2 aromatic heterocycles. The van der Waals surface area contributed by atoms with Crippen LogP contribution in [0.4, 0.5) is 0 Å². The zero-order valence-electron chi connectivity index (χ0n) is 18.9. The predicted molar refractivity (Wildman–Crippen MR) is 129 cm³/mol. The van der Waals surface area contributed by atoms with Crippen LogP contribution in [0.2, 0.25) is 5.02 Å². The van der Waals surface area contributed by atoms with Crippen LogP contribution in [0.3, 0.4) is 0 Å². The molecule has 0 atom stereocenters. The molecule has 0 radical (unpaired) electrons. The number of fused-ring (bicyclic) bond motifs is 1. The molecule has 2 aromatic carbocycles. The summed E-state index contributed by atoms with van der Waals surface area (Å²) >= 11 is 6.01. The van der Waals surface area contributed by atoms with Crippen molar-refractivity contribution in [3.63, 3.8) is 0 Å². The molecule has 0 saturated carbocycles. The van der Waals surface area contributed by atoms with E-state index in [9.17, 15) is 0 Å². The predicted octanol–water partition coefficient (Wildman–Crippen LogP) is 7.23. The van der Waals surface area contributed by atoms with Gasteiger partial charge in [0.05, 0.1) is 5.52 Å². The zero-order chi connectivity index (χ0) is 22.2. The minimum Gasteiger partial charge on any atom is -0.487 e. The number of rotatable bonds is 5. The molecule has 0 N–H and O–H groups in total. The monoisotopic (exact) mass is 432 g/mol. The summed E-state index contributed by atoms with van der Waals surface area (Å²) in [5, 5.41) is 0.729. The molecule has 31 heavy (non-hydrogen) atoms. The highest BCUT2D eigenvalue weighted by atomic mass is 35.5. The number of halogens is 1. The minimum atomic E-state index is 0.151. The van der Waals surface area contributed by atoms with Crippen LogP contribution in [0.15, 0.2) is 60.8 Å². The summed E-state index contributed by atoms with van der Waals surface area (Å²) in [6.07, 6.45) is 1.83. The van der Waals surface area contributed by atoms with Gasteiger partial charge in [-0.25, -0.2) is 0 Å². The van der Waals surface area contributed by atoms with E-state index in [0.717, 1.165) is 33.9 Å². The fraction of sp³-hybridized carbons (Fsp3) is 0.296. The van der Waals surface area contributed by atoms with Crippen LogP contribution < -0.4 is 4.74 Å². The summed E-state index contributed by atoms with van der Waals surface area (Å²) in [4.78, 5) is 4.66. The van der Waals surface area contributed by atoms with E-state index >= 15 is 0 Å². The molecule has 0 bridgehead atoms. The van der Waals surface area contributed by atoms with E-state index in [1.807, 2.05) is 36.5 Å². The Kier molecular flexibility index (Phi) is 5.81. The number of aryl methyl sites for hydroxylation is 1. The Hall–Kier alpha value is -2.78. The third kappa shape index (κ3) is 4.47. The largest absolute Gasteiger partial charge is 0.487 e. The molecule has 2 heterocycles. The van der Waals surface area contributed by atoms with Gasteiger partial charge in [0.1, 0.15) is 17.9 Å². The van der Waals surface area contributed by atoms with Crippen LogP contribution in [0, 0.1) is 13.8 Å². The molecule has 0 amide bonds. The summed E-state index contributed by atoms with van der Waals surface area (Å²) in [7, 11) is 0. The van der Waals surface area contributed by atoms with Crippen LogP contribution in [-0.2, 0) is 18.6 Å². The summed E-state index contributed by atoms with van der Waals surface area (Å²) in [5.41, 5.74) is 8.29. The third-order valence-corrected chi connectivity index (χ3v) is 6.18. The maximum absolute atomic E-state index is 6.25. The second-order valence-corrected chi connectivity index (χ2v) is 9.60. The lowest BCUT2D eigenvalue weighted by Gasteiger charge is -2.19. The summed E-state index contributed by atoms with van der Waals surface area (Å²) in [5.74, 6) is 0.850. The Balaban J connectivity index is 1.68. The van der Waals surface area contributed by atoms with Crippen molar-refractivity contribution in [2.75, 3.05) is 0 Å². The van der Waals surface area contributed by atoms with Crippen molar-refractivity contribution in [3.05, 3.63) is 93.8 Å². The molecule has 4 rings (SSSR count). The highest BCUT2D eigenvalue weighted by Gasteiger charge is 2.18. The first kappa shape index (κ1) is 21.5. The number of hydrogen-bond acceptors (Lipinski definition) is 2. The molecule has 0 spiro atoms. The van der Waals surface area contributed by atoms with Crippen molar-refractivity contribution >= 4 is 22.6 Å². The van der Waals surface area contributed by atoms with Crippen molar-refractivity contribution in [2.45, 2.75) is 53.2 Å². The van der Waals surface area contributed by atoms with Gasteiger partial charge in [0.15, 0.2) is 0 Å². The lowest BCUT2D eigenvalue weighted by Crippen LogP contribution is -2.11. The molecule has 0 aliphatic carbocycles. The van der Waals surface area contributed by atoms with Crippen LogP contribution in [0.1, 0.15) is 48.7 Å². The van der Waals surface area contributed by atoms with E-state index in [2.05, 4.69) is 68.4 Å². The molecule has 4 heteroatoms. The maximum Gasteiger partial charge on any atom is 0.147 e.